The minimum absolute atomic E-state index is 0.346. The molecule has 0 aliphatic heterocycles. The third-order valence-corrected chi connectivity index (χ3v) is 3.48. The number of nitrogens with one attached hydrogen (secondary N) is 1. The van der Waals surface area contributed by atoms with Gasteiger partial charge in [0.2, 0.25) is 0 Å². The number of rotatable bonds is 8. The highest BCUT2D eigenvalue weighted by atomic mass is 16.5. The molecule has 0 fully saturated rings. The van der Waals surface area contributed by atoms with E-state index in [1.807, 2.05) is 19.2 Å². The first kappa shape index (κ1) is 14.9. The number of benzene rings is 1. The Morgan fingerprint density at radius 3 is 2.85 bits per heavy atom. The predicted octanol–water partition coefficient (Wildman–Crippen LogP) is 3.70. The molecule has 0 bridgehead atoms. The predicted molar refractivity (Wildman–Crippen MR) is 83.9 cm³/mol. The standard InChI is InChI=1S/C17H24N2O/c1-3-18-16(11-7-13-20-4-2)15-10-5-8-14-9-6-12-19-17(14)15/h5-6,8-10,12,16,18H,3-4,7,11,13H2,1-2H3. The SMILES string of the molecule is CCNC(CCCOCC)c1cccc2cccnc12. The summed E-state index contributed by atoms with van der Waals surface area (Å²) in [5.41, 5.74) is 2.40. The molecule has 1 atom stereocenters. The average molecular weight is 272 g/mol. The molecule has 0 radical (unpaired) electrons. The molecular weight excluding hydrogens is 248 g/mol. The number of ether oxygens (including phenoxy) is 1. The molecule has 0 aliphatic rings. The van der Waals surface area contributed by atoms with Crippen LogP contribution in [-0.4, -0.2) is 24.7 Å². The molecular formula is C17H24N2O. The van der Waals surface area contributed by atoms with Crippen LogP contribution in [0, 0.1) is 0 Å². The Hall–Kier alpha value is -1.45. The Labute approximate surface area is 121 Å². The zero-order chi connectivity index (χ0) is 14.2. The van der Waals surface area contributed by atoms with Crippen LogP contribution < -0.4 is 5.32 Å². The highest BCUT2D eigenvalue weighted by molar-refractivity contribution is 5.81. The molecule has 0 spiro atoms. The van der Waals surface area contributed by atoms with Crippen LogP contribution in [0.2, 0.25) is 0 Å². The number of hydrogen-bond donors (Lipinski definition) is 1. The van der Waals surface area contributed by atoms with Crippen LogP contribution in [-0.2, 0) is 4.74 Å². The third-order valence-electron chi connectivity index (χ3n) is 3.48. The third kappa shape index (κ3) is 3.78. The number of hydrogen-bond acceptors (Lipinski definition) is 3. The van der Waals surface area contributed by atoms with E-state index in [1.165, 1.54) is 10.9 Å². The molecule has 1 unspecified atom stereocenters. The second-order valence-corrected chi connectivity index (χ2v) is 4.87. The number of nitrogens with zero attached hydrogens (tertiary/aromatic N) is 1. The molecule has 1 N–H and O–H groups in total. The molecule has 0 saturated carbocycles. The van der Waals surface area contributed by atoms with Gasteiger partial charge >= 0.3 is 0 Å². The highest BCUT2D eigenvalue weighted by Gasteiger charge is 2.13. The number of para-hydroxylation sites is 1. The summed E-state index contributed by atoms with van der Waals surface area (Å²) in [6, 6.07) is 10.9. The molecule has 0 amide bonds. The molecule has 3 nitrogen and oxygen atoms in total. The maximum absolute atomic E-state index is 5.44. The molecule has 3 heteroatoms. The van der Waals surface area contributed by atoms with Gasteiger partial charge in [-0.3, -0.25) is 4.98 Å². The Kier molecular flexibility index (Phi) is 5.96. The van der Waals surface area contributed by atoms with Crippen LogP contribution in [0.15, 0.2) is 36.5 Å². The van der Waals surface area contributed by atoms with Gasteiger partial charge in [0, 0.05) is 30.8 Å². The van der Waals surface area contributed by atoms with Gasteiger partial charge in [-0.05, 0) is 37.9 Å². The first-order chi connectivity index (χ1) is 9.86. The van der Waals surface area contributed by atoms with Gasteiger partial charge in [-0.15, -0.1) is 0 Å². The zero-order valence-electron chi connectivity index (χ0n) is 12.4. The van der Waals surface area contributed by atoms with Gasteiger partial charge in [-0.2, -0.15) is 0 Å². The molecule has 2 rings (SSSR count). The van der Waals surface area contributed by atoms with E-state index >= 15 is 0 Å². The van der Waals surface area contributed by atoms with E-state index in [2.05, 4.69) is 41.5 Å². The summed E-state index contributed by atoms with van der Waals surface area (Å²) in [6.45, 7) is 6.77. The fourth-order valence-corrected chi connectivity index (χ4v) is 2.56. The lowest BCUT2D eigenvalue weighted by Gasteiger charge is -2.19. The monoisotopic (exact) mass is 272 g/mol. The van der Waals surface area contributed by atoms with Crippen molar-refractivity contribution in [2.45, 2.75) is 32.7 Å². The van der Waals surface area contributed by atoms with Crippen molar-refractivity contribution in [3.05, 3.63) is 42.1 Å². The lowest BCUT2D eigenvalue weighted by Crippen LogP contribution is -2.21. The Bertz CT molecular complexity index is 522. The van der Waals surface area contributed by atoms with Crippen molar-refractivity contribution in [1.82, 2.24) is 10.3 Å². The van der Waals surface area contributed by atoms with Crippen molar-refractivity contribution in [3.8, 4) is 0 Å². The Balaban J connectivity index is 2.18. The van der Waals surface area contributed by atoms with E-state index in [0.717, 1.165) is 38.1 Å². The van der Waals surface area contributed by atoms with Gasteiger partial charge in [0.1, 0.15) is 0 Å². The van der Waals surface area contributed by atoms with E-state index in [9.17, 15) is 0 Å². The first-order valence-corrected chi connectivity index (χ1v) is 7.51. The van der Waals surface area contributed by atoms with Crippen LogP contribution in [0.3, 0.4) is 0 Å². The zero-order valence-corrected chi connectivity index (χ0v) is 12.4. The van der Waals surface area contributed by atoms with E-state index in [1.54, 1.807) is 0 Å². The van der Waals surface area contributed by atoms with Crippen LogP contribution in [0.25, 0.3) is 10.9 Å². The Morgan fingerprint density at radius 1 is 1.20 bits per heavy atom. The molecule has 1 heterocycles. The van der Waals surface area contributed by atoms with Crippen LogP contribution in [0.1, 0.15) is 38.3 Å². The molecule has 2 aromatic rings. The van der Waals surface area contributed by atoms with Crippen LogP contribution >= 0.6 is 0 Å². The fraction of sp³-hybridized carbons (Fsp3) is 0.471. The minimum atomic E-state index is 0.346. The van der Waals surface area contributed by atoms with Gasteiger partial charge in [0.05, 0.1) is 5.52 Å². The fourth-order valence-electron chi connectivity index (χ4n) is 2.56. The van der Waals surface area contributed by atoms with Crippen LogP contribution in [0.5, 0.6) is 0 Å². The van der Waals surface area contributed by atoms with Crippen molar-refractivity contribution in [2.75, 3.05) is 19.8 Å². The summed E-state index contributed by atoms with van der Waals surface area (Å²) in [5.74, 6) is 0. The van der Waals surface area contributed by atoms with E-state index in [4.69, 9.17) is 4.74 Å². The normalized spacial score (nSPS) is 12.7. The largest absolute Gasteiger partial charge is 0.382 e. The molecule has 1 aromatic heterocycles. The summed E-state index contributed by atoms with van der Waals surface area (Å²) < 4.78 is 5.44. The van der Waals surface area contributed by atoms with Crippen molar-refractivity contribution in [2.24, 2.45) is 0 Å². The Morgan fingerprint density at radius 2 is 2.05 bits per heavy atom. The van der Waals surface area contributed by atoms with Gasteiger partial charge in [0.25, 0.3) is 0 Å². The van der Waals surface area contributed by atoms with Crippen molar-refractivity contribution in [1.29, 1.82) is 0 Å². The minimum Gasteiger partial charge on any atom is -0.382 e. The topological polar surface area (TPSA) is 34.1 Å². The maximum atomic E-state index is 5.44. The second kappa shape index (κ2) is 7.98. The lowest BCUT2D eigenvalue weighted by molar-refractivity contribution is 0.141. The lowest BCUT2D eigenvalue weighted by atomic mass is 9.99. The van der Waals surface area contributed by atoms with Crippen LogP contribution in [0.4, 0.5) is 0 Å². The highest BCUT2D eigenvalue weighted by Crippen LogP contribution is 2.25. The molecule has 108 valence electrons. The summed E-state index contributed by atoms with van der Waals surface area (Å²) >= 11 is 0. The molecule has 1 aromatic carbocycles. The van der Waals surface area contributed by atoms with E-state index in [-0.39, 0.29) is 0 Å². The summed E-state index contributed by atoms with van der Waals surface area (Å²) in [7, 11) is 0. The molecule has 0 saturated heterocycles. The summed E-state index contributed by atoms with van der Waals surface area (Å²) in [5, 5.41) is 4.78. The second-order valence-electron chi connectivity index (χ2n) is 4.87. The van der Waals surface area contributed by atoms with Crippen molar-refractivity contribution < 1.29 is 4.74 Å². The molecule has 20 heavy (non-hydrogen) atoms. The van der Waals surface area contributed by atoms with E-state index in [0.29, 0.717) is 6.04 Å². The molecule has 0 aliphatic carbocycles. The van der Waals surface area contributed by atoms with Gasteiger partial charge in [0.15, 0.2) is 0 Å². The summed E-state index contributed by atoms with van der Waals surface area (Å²) in [6.07, 6.45) is 4.01. The maximum Gasteiger partial charge on any atom is 0.0749 e. The summed E-state index contributed by atoms with van der Waals surface area (Å²) in [4.78, 5) is 4.56. The number of fused-ring (bicyclic) bond motifs is 1. The first-order valence-electron chi connectivity index (χ1n) is 7.51. The van der Waals surface area contributed by atoms with Gasteiger partial charge in [-0.1, -0.05) is 31.2 Å². The number of pyridine rings is 1. The smallest absolute Gasteiger partial charge is 0.0749 e. The van der Waals surface area contributed by atoms with E-state index < -0.39 is 0 Å². The quantitative estimate of drug-likeness (QED) is 0.744. The van der Waals surface area contributed by atoms with Gasteiger partial charge in [-0.25, -0.2) is 0 Å². The number of aromatic nitrogens is 1. The van der Waals surface area contributed by atoms with Crippen molar-refractivity contribution in [3.63, 3.8) is 0 Å². The van der Waals surface area contributed by atoms with Gasteiger partial charge < -0.3 is 10.1 Å². The van der Waals surface area contributed by atoms with Crippen molar-refractivity contribution >= 4 is 10.9 Å². The average Bonchev–Trinajstić information content (AvgIpc) is 2.50.